The monoisotopic (exact) mass is 303 g/mol. The molecule has 0 unspecified atom stereocenters. The number of hydrogen-bond acceptors (Lipinski definition) is 6. The fraction of sp³-hybridized carbons (Fsp3) is 0.500. The van der Waals surface area contributed by atoms with Gasteiger partial charge in [-0.15, -0.1) is 5.10 Å². The van der Waals surface area contributed by atoms with Crippen molar-refractivity contribution >= 4 is 24.1 Å². The molecule has 0 aromatic carbocycles. The summed E-state index contributed by atoms with van der Waals surface area (Å²) < 4.78 is 16.1. The van der Waals surface area contributed by atoms with Crippen LogP contribution in [0.15, 0.2) is 18.5 Å². The van der Waals surface area contributed by atoms with Gasteiger partial charge >= 0.3 is 7.12 Å². The van der Waals surface area contributed by atoms with Crippen LogP contribution in [0.3, 0.4) is 0 Å². The highest BCUT2D eigenvalue weighted by Crippen LogP contribution is 2.36. The lowest BCUT2D eigenvalue weighted by atomic mass is 9.79. The molecule has 0 atom stereocenters. The van der Waals surface area contributed by atoms with Gasteiger partial charge in [-0.2, -0.15) is 0 Å². The molecule has 2 aromatic rings. The Kier molecular flexibility index (Phi) is 3.39. The molecule has 3 heterocycles. The molecule has 2 aromatic heterocycles. The maximum atomic E-state index is 6.06. The highest BCUT2D eigenvalue weighted by Gasteiger charge is 2.51. The molecule has 1 aliphatic heterocycles. The Labute approximate surface area is 129 Å². The van der Waals surface area contributed by atoms with Gasteiger partial charge in [0.25, 0.3) is 0 Å². The van der Waals surface area contributed by atoms with Gasteiger partial charge in [0.2, 0.25) is 0 Å². The van der Waals surface area contributed by atoms with Crippen molar-refractivity contribution in [1.82, 2.24) is 14.6 Å². The maximum Gasteiger partial charge on any atom is 0.496 e. The molecular weight excluding hydrogens is 285 g/mol. The van der Waals surface area contributed by atoms with Gasteiger partial charge in [-0.3, -0.25) is 4.98 Å². The van der Waals surface area contributed by atoms with Crippen molar-refractivity contribution in [2.24, 2.45) is 0 Å². The molecule has 1 fully saturated rings. The summed E-state index contributed by atoms with van der Waals surface area (Å²) in [5, 5.41) is 4.04. The third kappa shape index (κ3) is 2.50. The van der Waals surface area contributed by atoms with Crippen LogP contribution in [0, 0.1) is 6.92 Å². The molecule has 0 aliphatic carbocycles. The van der Waals surface area contributed by atoms with E-state index in [1.165, 1.54) is 11.5 Å². The van der Waals surface area contributed by atoms with Crippen molar-refractivity contribution in [3.63, 3.8) is 0 Å². The van der Waals surface area contributed by atoms with Crippen LogP contribution in [0.2, 0.25) is 0 Å². The standard InChI is InChI=1S/C14H18BN3O2S/c1-9-12(21-18-17-9)10-6-11(8-16-7-10)15-19-13(2,3)14(4,5)20-15/h6-8H,1-5H3. The summed E-state index contributed by atoms with van der Waals surface area (Å²) in [6.45, 7) is 10.1. The van der Waals surface area contributed by atoms with E-state index >= 15 is 0 Å². The van der Waals surface area contributed by atoms with E-state index in [-0.39, 0.29) is 11.2 Å². The van der Waals surface area contributed by atoms with Crippen LogP contribution >= 0.6 is 11.5 Å². The number of aromatic nitrogens is 3. The molecule has 0 radical (unpaired) electrons. The third-order valence-electron chi connectivity index (χ3n) is 4.20. The minimum absolute atomic E-state index is 0.352. The largest absolute Gasteiger partial charge is 0.496 e. The number of hydrogen-bond donors (Lipinski definition) is 0. The molecule has 0 spiro atoms. The minimum Gasteiger partial charge on any atom is -0.399 e. The van der Waals surface area contributed by atoms with Crippen LogP contribution in [-0.4, -0.2) is 32.9 Å². The van der Waals surface area contributed by atoms with Crippen molar-refractivity contribution in [3.8, 4) is 10.4 Å². The Balaban J connectivity index is 1.94. The summed E-state index contributed by atoms with van der Waals surface area (Å²) >= 11 is 1.37. The van der Waals surface area contributed by atoms with Gasteiger partial charge < -0.3 is 9.31 Å². The lowest BCUT2D eigenvalue weighted by molar-refractivity contribution is 0.00578. The van der Waals surface area contributed by atoms with Crippen LogP contribution in [0.25, 0.3) is 10.4 Å². The molecule has 7 heteroatoms. The van der Waals surface area contributed by atoms with E-state index in [0.29, 0.717) is 0 Å². The Morgan fingerprint density at radius 3 is 2.33 bits per heavy atom. The Morgan fingerprint density at radius 2 is 1.76 bits per heavy atom. The molecule has 21 heavy (non-hydrogen) atoms. The molecule has 0 amide bonds. The minimum atomic E-state index is -0.399. The summed E-state index contributed by atoms with van der Waals surface area (Å²) in [5.41, 5.74) is 2.12. The SMILES string of the molecule is Cc1nnsc1-c1cncc(B2OC(C)(C)C(C)(C)O2)c1. The lowest BCUT2D eigenvalue weighted by Crippen LogP contribution is -2.41. The summed E-state index contributed by atoms with van der Waals surface area (Å²) in [5.74, 6) is 0. The van der Waals surface area contributed by atoms with Crippen LogP contribution in [0.1, 0.15) is 33.4 Å². The number of rotatable bonds is 2. The normalized spacial score (nSPS) is 20.0. The average Bonchev–Trinajstić information content (AvgIpc) is 2.92. The first-order chi connectivity index (χ1) is 9.80. The first kappa shape index (κ1) is 14.6. The number of pyridine rings is 1. The second-order valence-electron chi connectivity index (χ2n) is 6.28. The first-order valence-corrected chi connectivity index (χ1v) is 7.67. The summed E-state index contributed by atoms with van der Waals surface area (Å²) in [6.07, 6.45) is 3.60. The predicted molar refractivity (Wildman–Crippen MR) is 83.6 cm³/mol. The second-order valence-corrected chi connectivity index (χ2v) is 7.04. The molecular formula is C14H18BN3O2S. The van der Waals surface area contributed by atoms with Gasteiger partial charge in [0.15, 0.2) is 0 Å². The summed E-state index contributed by atoms with van der Waals surface area (Å²) in [4.78, 5) is 5.34. The van der Waals surface area contributed by atoms with Crippen LogP contribution < -0.4 is 5.46 Å². The smallest absolute Gasteiger partial charge is 0.399 e. The van der Waals surface area contributed by atoms with Crippen LogP contribution in [0.4, 0.5) is 0 Å². The topological polar surface area (TPSA) is 57.1 Å². The number of nitrogens with zero attached hydrogens (tertiary/aromatic N) is 3. The maximum absolute atomic E-state index is 6.06. The zero-order chi connectivity index (χ0) is 15.3. The van der Waals surface area contributed by atoms with E-state index in [1.807, 2.05) is 46.9 Å². The van der Waals surface area contributed by atoms with Crippen molar-refractivity contribution in [2.45, 2.75) is 45.8 Å². The Morgan fingerprint density at radius 1 is 1.10 bits per heavy atom. The van der Waals surface area contributed by atoms with Gasteiger partial charge in [-0.05, 0) is 46.2 Å². The molecule has 0 N–H and O–H groups in total. The second kappa shape index (κ2) is 4.86. The van der Waals surface area contributed by atoms with Crippen molar-refractivity contribution in [2.75, 3.05) is 0 Å². The van der Waals surface area contributed by atoms with Gasteiger partial charge in [0, 0.05) is 23.4 Å². The third-order valence-corrected chi connectivity index (χ3v) is 5.08. The van der Waals surface area contributed by atoms with Crippen LogP contribution in [0.5, 0.6) is 0 Å². The molecule has 3 rings (SSSR count). The highest BCUT2D eigenvalue weighted by atomic mass is 32.1. The zero-order valence-corrected chi connectivity index (χ0v) is 13.7. The van der Waals surface area contributed by atoms with E-state index in [0.717, 1.165) is 21.6 Å². The van der Waals surface area contributed by atoms with Crippen molar-refractivity contribution < 1.29 is 9.31 Å². The fourth-order valence-corrected chi connectivity index (χ4v) is 2.82. The number of aryl methyl sites for hydroxylation is 1. The average molecular weight is 303 g/mol. The Bertz CT molecular complexity index is 656. The highest BCUT2D eigenvalue weighted by molar-refractivity contribution is 7.09. The molecule has 110 valence electrons. The molecule has 0 saturated carbocycles. The zero-order valence-electron chi connectivity index (χ0n) is 12.9. The first-order valence-electron chi connectivity index (χ1n) is 6.90. The Hall–Kier alpha value is -1.31. The van der Waals surface area contributed by atoms with Gasteiger partial charge in [0.05, 0.1) is 21.8 Å². The van der Waals surface area contributed by atoms with Crippen molar-refractivity contribution in [3.05, 3.63) is 24.2 Å². The molecule has 1 saturated heterocycles. The van der Waals surface area contributed by atoms with E-state index in [1.54, 1.807) is 6.20 Å². The van der Waals surface area contributed by atoms with E-state index in [4.69, 9.17) is 9.31 Å². The predicted octanol–water partition coefficient (Wildman–Crippen LogP) is 2.21. The molecule has 0 bridgehead atoms. The molecule has 5 nitrogen and oxygen atoms in total. The summed E-state index contributed by atoms with van der Waals surface area (Å²) in [7, 11) is -0.399. The van der Waals surface area contributed by atoms with E-state index in [9.17, 15) is 0 Å². The molecule has 1 aliphatic rings. The lowest BCUT2D eigenvalue weighted by Gasteiger charge is -2.32. The summed E-state index contributed by atoms with van der Waals surface area (Å²) in [6, 6.07) is 2.04. The van der Waals surface area contributed by atoms with Crippen LogP contribution in [-0.2, 0) is 9.31 Å². The van der Waals surface area contributed by atoms with Gasteiger partial charge in [-0.1, -0.05) is 10.6 Å². The fourth-order valence-electron chi connectivity index (χ4n) is 2.19. The van der Waals surface area contributed by atoms with E-state index < -0.39 is 7.12 Å². The van der Waals surface area contributed by atoms with Gasteiger partial charge in [-0.25, -0.2) is 0 Å². The van der Waals surface area contributed by atoms with Crippen molar-refractivity contribution in [1.29, 1.82) is 0 Å². The van der Waals surface area contributed by atoms with E-state index in [2.05, 4.69) is 14.6 Å². The van der Waals surface area contributed by atoms with Gasteiger partial charge in [0.1, 0.15) is 0 Å². The quantitative estimate of drug-likeness (QED) is 0.796.